The summed E-state index contributed by atoms with van der Waals surface area (Å²) in [5.41, 5.74) is 1.52. The number of aromatic nitrogens is 2. The highest BCUT2D eigenvalue weighted by Crippen LogP contribution is 2.31. The lowest BCUT2D eigenvalue weighted by atomic mass is 10.3. The summed E-state index contributed by atoms with van der Waals surface area (Å²) in [4.78, 5) is 2.99. The molecule has 4 heterocycles. The van der Waals surface area contributed by atoms with Crippen LogP contribution in [0, 0.1) is 6.92 Å². The Morgan fingerprint density at radius 2 is 2.04 bits per heavy atom. The van der Waals surface area contributed by atoms with Crippen molar-refractivity contribution in [2.45, 2.75) is 24.1 Å². The summed E-state index contributed by atoms with van der Waals surface area (Å²) in [5, 5.41) is 7.89. The van der Waals surface area contributed by atoms with Gasteiger partial charge in [0, 0.05) is 38.3 Å². The van der Waals surface area contributed by atoms with E-state index in [2.05, 4.69) is 15.2 Å². The molecule has 144 valence electrons. The minimum atomic E-state index is -3.52. The van der Waals surface area contributed by atoms with Crippen LogP contribution in [0.15, 0.2) is 43.8 Å². The molecule has 0 atom stereocenters. The minimum absolute atomic E-state index is 0.334. The fourth-order valence-electron chi connectivity index (χ4n) is 3.13. The number of rotatable bonds is 5. The molecule has 1 fully saturated rings. The van der Waals surface area contributed by atoms with Crippen molar-refractivity contribution < 1.29 is 17.5 Å². The van der Waals surface area contributed by atoms with Crippen LogP contribution in [0.3, 0.4) is 0 Å². The first-order valence-corrected chi connectivity index (χ1v) is 10.9. The van der Waals surface area contributed by atoms with E-state index in [1.54, 1.807) is 22.5 Å². The Kier molecular flexibility index (Phi) is 5.13. The van der Waals surface area contributed by atoms with Gasteiger partial charge in [-0.1, -0.05) is 10.3 Å². The Balaban J connectivity index is 1.45. The number of hydrogen-bond donors (Lipinski definition) is 0. The third-order valence-corrected chi connectivity index (χ3v) is 7.95. The predicted molar refractivity (Wildman–Crippen MR) is 99.7 cm³/mol. The van der Waals surface area contributed by atoms with Gasteiger partial charge in [-0.2, -0.15) is 4.31 Å². The highest BCUT2D eigenvalue weighted by molar-refractivity contribution is 7.91. The average molecular weight is 409 g/mol. The van der Waals surface area contributed by atoms with E-state index in [1.165, 1.54) is 17.6 Å². The molecule has 3 aromatic rings. The summed E-state index contributed by atoms with van der Waals surface area (Å²) < 4.78 is 37.9. The first-order chi connectivity index (χ1) is 13.0. The van der Waals surface area contributed by atoms with Gasteiger partial charge in [-0.05, 0) is 32.0 Å². The molecular weight excluding hydrogens is 388 g/mol. The van der Waals surface area contributed by atoms with Crippen molar-refractivity contribution in [2.75, 3.05) is 26.2 Å². The molecule has 10 heteroatoms. The molecule has 0 unspecified atom stereocenters. The molecule has 1 aliphatic heterocycles. The Morgan fingerprint density at radius 1 is 1.15 bits per heavy atom. The van der Waals surface area contributed by atoms with Crippen molar-refractivity contribution in [3.63, 3.8) is 0 Å². The van der Waals surface area contributed by atoms with Gasteiger partial charge in [0.1, 0.15) is 21.9 Å². The summed E-state index contributed by atoms with van der Waals surface area (Å²) in [6.07, 6.45) is 2.25. The first-order valence-electron chi connectivity index (χ1n) is 8.68. The van der Waals surface area contributed by atoms with Crippen molar-refractivity contribution in [1.82, 2.24) is 19.5 Å². The van der Waals surface area contributed by atoms with Crippen LogP contribution in [-0.2, 0) is 16.6 Å². The summed E-state index contributed by atoms with van der Waals surface area (Å²) in [6, 6.07) is 7.05. The van der Waals surface area contributed by atoms with E-state index in [0.29, 0.717) is 36.1 Å². The molecule has 0 aliphatic carbocycles. The number of sulfonamides is 1. The van der Waals surface area contributed by atoms with Crippen LogP contribution in [0.4, 0.5) is 0 Å². The van der Waals surface area contributed by atoms with Crippen molar-refractivity contribution in [3.05, 3.63) is 42.0 Å². The highest BCUT2D eigenvalue weighted by atomic mass is 32.2. The molecule has 8 nitrogen and oxygen atoms in total. The second-order valence-electron chi connectivity index (χ2n) is 6.47. The van der Waals surface area contributed by atoms with Crippen LogP contribution < -0.4 is 0 Å². The monoisotopic (exact) mass is 408 g/mol. The predicted octanol–water partition coefficient (Wildman–Crippen LogP) is 2.60. The SMILES string of the molecule is Cc1cc(CN2CCCN(S(=O)(=O)c3ccc(-c4ccon4)s3)CC2)no1. The molecule has 4 rings (SSSR count). The van der Waals surface area contributed by atoms with Gasteiger partial charge in [0.2, 0.25) is 0 Å². The van der Waals surface area contributed by atoms with Gasteiger partial charge in [-0.3, -0.25) is 4.90 Å². The van der Waals surface area contributed by atoms with Gasteiger partial charge >= 0.3 is 0 Å². The lowest BCUT2D eigenvalue weighted by Gasteiger charge is -2.20. The van der Waals surface area contributed by atoms with Crippen LogP contribution in [0.5, 0.6) is 0 Å². The molecule has 0 amide bonds. The van der Waals surface area contributed by atoms with Gasteiger partial charge in [0.25, 0.3) is 10.0 Å². The zero-order valence-electron chi connectivity index (χ0n) is 14.9. The third kappa shape index (κ3) is 3.98. The molecule has 0 radical (unpaired) electrons. The summed E-state index contributed by atoms with van der Waals surface area (Å²) in [5.74, 6) is 0.782. The Bertz CT molecular complexity index is 994. The smallest absolute Gasteiger partial charge is 0.252 e. The van der Waals surface area contributed by atoms with E-state index in [-0.39, 0.29) is 0 Å². The molecule has 1 aliphatic rings. The van der Waals surface area contributed by atoms with Gasteiger partial charge in [-0.15, -0.1) is 11.3 Å². The van der Waals surface area contributed by atoms with E-state index in [9.17, 15) is 8.42 Å². The van der Waals surface area contributed by atoms with Crippen molar-refractivity contribution in [2.24, 2.45) is 0 Å². The van der Waals surface area contributed by atoms with Crippen molar-refractivity contribution in [1.29, 1.82) is 0 Å². The largest absolute Gasteiger partial charge is 0.364 e. The first kappa shape index (κ1) is 18.4. The van der Waals surface area contributed by atoms with Crippen LogP contribution in [0.2, 0.25) is 0 Å². The Morgan fingerprint density at radius 3 is 2.78 bits per heavy atom. The van der Waals surface area contributed by atoms with E-state index in [0.717, 1.165) is 29.3 Å². The average Bonchev–Trinajstić information content (AvgIpc) is 3.36. The number of nitrogens with zero attached hydrogens (tertiary/aromatic N) is 4. The van der Waals surface area contributed by atoms with E-state index >= 15 is 0 Å². The van der Waals surface area contributed by atoms with Crippen molar-refractivity contribution in [3.8, 4) is 10.6 Å². The minimum Gasteiger partial charge on any atom is -0.364 e. The number of aryl methyl sites for hydroxylation is 1. The standard InChI is InChI=1S/C17H20N4O4S2/c1-13-11-14(18-25-13)12-20-6-2-7-21(9-8-20)27(22,23)17-4-3-16(26-17)15-5-10-24-19-15/h3-5,10-11H,2,6-9,12H2,1H3. The number of thiophene rings is 1. The zero-order chi connectivity index (χ0) is 18.9. The van der Waals surface area contributed by atoms with Gasteiger partial charge in [-0.25, -0.2) is 8.42 Å². The molecule has 0 spiro atoms. The maximum absolute atomic E-state index is 13.0. The Hall–Kier alpha value is -2.01. The molecule has 0 bridgehead atoms. The fourth-order valence-corrected chi connectivity index (χ4v) is 6.02. The molecule has 0 saturated carbocycles. The topological polar surface area (TPSA) is 92.7 Å². The molecule has 1 saturated heterocycles. The van der Waals surface area contributed by atoms with Gasteiger partial charge in [0.05, 0.1) is 10.6 Å². The second-order valence-corrected chi connectivity index (χ2v) is 9.71. The van der Waals surface area contributed by atoms with Crippen LogP contribution in [-0.4, -0.2) is 54.1 Å². The number of hydrogen-bond acceptors (Lipinski definition) is 8. The second kappa shape index (κ2) is 7.55. The van der Waals surface area contributed by atoms with E-state index in [1.807, 2.05) is 13.0 Å². The molecule has 27 heavy (non-hydrogen) atoms. The molecule has 3 aromatic heterocycles. The third-order valence-electron chi connectivity index (χ3n) is 4.48. The summed E-state index contributed by atoms with van der Waals surface area (Å²) >= 11 is 1.22. The van der Waals surface area contributed by atoms with E-state index in [4.69, 9.17) is 9.05 Å². The van der Waals surface area contributed by atoms with Gasteiger partial charge in [0.15, 0.2) is 0 Å². The lowest BCUT2D eigenvalue weighted by Crippen LogP contribution is -2.34. The van der Waals surface area contributed by atoms with Crippen LogP contribution in [0.1, 0.15) is 17.9 Å². The highest BCUT2D eigenvalue weighted by Gasteiger charge is 2.28. The maximum atomic E-state index is 13.0. The van der Waals surface area contributed by atoms with Gasteiger partial charge < -0.3 is 9.05 Å². The lowest BCUT2D eigenvalue weighted by molar-refractivity contribution is 0.268. The molecule has 0 N–H and O–H groups in total. The zero-order valence-corrected chi connectivity index (χ0v) is 16.5. The van der Waals surface area contributed by atoms with Crippen LogP contribution >= 0.6 is 11.3 Å². The quantitative estimate of drug-likeness (QED) is 0.641. The molecular formula is C17H20N4O4S2. The van der Waals surface area contributed by atoms with Crippen LogP contribution in [0.25, 0.3) is 10.6 Å². The normalized spacial score (nSPS) is 17.2. The summed E-state index contributed by atoms with van der Waals surface area (Å²) in [6.45, 7) is 4.98. The fraction of sp³-hybridized carbons (Fsp3) is 0.412. The molecule has 0 aromatic carbocycles. The Labute approximate surface area is 161 Å². The van der Waals surface area contributed by atoms with E-state index < -0.39 is 10.0 Å². The van der Waals surface area contributed by atoms with Crippen molar-refractivity contribution >= 4 is 21.4 Å². The summed E-state index contributed by atoms with van der Waals surface area (Å²) in [7, 11) is -3.52. The maximum Gasteiger partial charge on any atom is 0.252 e.